The van der Waals surface area contributed by atoms with Gasteiger partial charge in [-0.15, -0.1) is 0 Å². The Morgan fingerprint density at radius 2 is 2.19 bits per heavy atom. The molecular formula is C13H15NO2. The van der Waals surface area contributed by atoms with E-state index >= 15 is 0 Å². The molecule has 1 aliphatic rings. The summed E-state index contributed by atoms with van der Waals surface area (Å²) < 4.78 is 4.98. The van der Waals surface area contributed by atoms with Crippen molar-refractivity contribution in [2.24, 2.45) is 4.99 Å². The lowest BCUT2D eigenvalue weighted by molar-refractivity contribution is -0.143. The molecule has 1 unspecified atom stereocenters. The van der Waals surface area contributed by atoms with Crippen molar-refractivity contribution in [1.82, 2.24) is 0 Å². The van der Waals surface area contributed by atoms with E-state index in [1.54, 1.807) is 0 Å². The van der Waals surface area contributed by atoms with Crippen LogP contribution in [0.1, 0.15) is 25.8 Å². The average Bonchev–Trinajstić information content (AvgIpc) is 2.58. The largest absolute Gasteiger partial charge is 0.466 e. The number of hydrogen-bond donors (Lipinski definition) is 0. The molecule has 0 spiro atoms. The van der Waals surface area contributed by atoms with Gasteiger partial charge in [0.25, 0.3) is 0 Å². The fraction of sp³-hybridized carbons (Fsp3) is 0.385. The molecule has 1 aromatic rings. The number of ether oxygens (including phenoxy) is 1. The van der Waals surface area contributed by atoms with E-state index in [-0.39, 0.29) is 11.4 Å². The highest BCUT2D eigenvalue weighted by Gasteiger charge is 2.34. The summed E-state index contributed by atoms with van der Waals surface area (Å²) in [6, 6.07) is 7.90. The zero-order valence-electron chi connectivity index (χ0n) is 9.56. The van der Waals surface area contributed by atoms with Crippen LogP contribution < -0.4 is 0 Å². The number of para-hydroxylation sites is 1. The van der Waals surface area contributed by atoms with Gasteiger partial charge in [-0.05, 0) is 25.5 Å². The molecule has 0 saturated carbocycles. The van der Waals surface area contributed by atoms with Gasteiger partial charge in [-0.3, -0.25) is 9.79 Å². The summed E-state index contributed by atoms with van der Waals surface area (Å²) in [6.45, 7) is 4.25. The summed E-state index contributed by atoms with van der Waals surface area (Å²) in [5.74, 6) is -0.173. The second-order valence-electron chi connectivity index (χ2n) is 4.17. The molecule has 0 fully saturated rings. The normalized spacial score (nSPS) is 21.9. The smallest absolute Gasteiger partial charge is 0.307 e. The first-order valence-electron chi connectivity index (χ1n) is 5.46. The van der Waals surface area contributed by atoms with E-state index in [0.717, 1.165) is 11.3 Å². The molecule has 0 aliphatic carbocycles. The summed E-state index contributed by atoms with van der Waals surface area (Å²) in [7, 11) is 0. The molecule has 1 atom stereocenters. The maximum atomic E-state index is 11.5. The molecule has 16 heavy (non-hydrogen) atoms. The van der Waals surface area contributed by atoms with E-state index in [1.807, 2.05) is 44.3 Å². The quantitative estimate of drug-likeness (QED) is 0.730. The number of carbonyl (C=O) groups excluding carboxylic acids is 1. The van der Waals surface area contributed by atoms with E-state index in [0.29, 0.717) is 13.0 Å². The zero-order chi connectivity index (χ0) is 11.6. The molecule has 3 heteroatoms. The molecule has 2 rings (SSSR count). The van der Waals surface area contributed by atoms with Crippen LogP contribution in [0.25, 0.3) is 0 Å². The Kier molecular flexibility index (Phi) is 2.77. The van der Waals surface area contributed by atoms with Gasteiger partial charge in [-0.25, -0.2) is 0 Å². The Bertz CT molecular complexity index is 439. The number of rotatable bonds is 3. The summed E-state index contributed by atoms with van der Waals surface area (Å²) in [5, 5.41) is 0. The number of aliphatic imine (C=N–C) groups is 1. The van der Waals surface area contributed by atoms with Gasteiger partial charge in [0, 0.05) is 11.6 Å². The van der Waals surface area contributed by atoms with Gasteiger partial charge in [0.05, 0.1) is 18.7 Å². The third kappa shape index (κ3) is 1.85. The lowest BCUT2D eigenvalue weighted by Gasteiger charge is -2.20. The van der Waals surface area contributed by atoms with Crippen molar-refractivity contribution in [3.63, 3.8) is 0 Å². The van der Waals surface area contributed by atoms with Crippen LogP contribution in [-0.2, 0) is 14.9 Å². The monoisotopic (exact) mass is 217 g/mol. The van der Waals surface area contributed by atoms with Gasteiger partial charge in [-0.2, -0.15) is 0 Å². The van der Waals surface area contributed by atoms with Gasteiger partial charge in [0.15, 0.2) is 0 Å². The maximum absolute atomic E-state index is 11.5. The first-order chi connectivity index (χ1) is 7.65. The van der Waals surface area contributed by atoms with Crippen LogP contribution in [0.2, 0.25) is 0 Å². The molecule has 0 bridgehead atoms. The van der Waals surface area contributed by atoms with Crippen molar-refractivity contribution in [3.05, 3.63) is 29.8 Å². The molecule has 1 aromatic carbocycles. The van der Waals surface area contributed by atoms with Gasteiger partial charge in [0.2, 0.25) is 0 Å². The SMILES string of the molecule is CCOC(=O)CC1(C)C=Nc2ccccc21. The Morgan fingerprint density at radius 3 is 2.94 bits per heavy atom. The molecule has 0 N–H and O–H groups in total. The molecule has 0 amide bonds. The van der Waals surface area contributed by atoms with Gasteiger partial charge >= 0.3 is 5.97 Å². The van der Waals surface area contributed by atoms with Crippen LogP contribution in [0.5, 0.6) is 0 Å². The number of fused-ring (bicyclic) bond motifs is 1. The number of esters is 1. The molecule has 1 heterocycles. The number of carbonyl (C=O) groups is 1. The first kappa shape index (κ1) is 10.9. The van der Waals surface area contributed by atoms with Crippen molar-refractivity contribution >= 4 is 17.9 Å². The Labute approximate surface area is 95.2 Å². The van der Waals surface area contributed by atoms with Crippen LogP contribution in [0, 0.1) is 0 Å². The van der Waals surface area contributed by atoms with E-state index in [9.17, 15) is 4.79 Å². The lowest BCUT2D eigenvalue weighted by Crippen LogP contribution is -2.26. The van der Waals surface area contributed by atoms with E-state index in [1.165, 1.54) is 0 Å². The number of hydrogen-bond acceptors (Lipinski definition) is 3. The Morgan fingerprint density at radius 1 is 1.44 bits per heavy atom. The number of benzene rings is 1. The Balaban J connectivity index is 2.22. The third-order valence-corrected chi connectivity index (χ3v) is 2.82. The second kappa shape index (κ2) is 4.08. The average molecular weight is 217 g/mol. The fourth-order valence-corrected chi connectivity index (χ4v) is 2.00. The van der Waals surface area contributed by atoms with Crippen LogP contribution in [-0.4, -0.2) is 18.8 Å². The molecule has 1 aliphatic heterocycles. The predicted molar refractivity (Wildman–Crippen MR) is 63.2 cm³/mol. The van der Waals surface area contributed by atoms with E-state index < -0.39 is 0 Å². The highest BCUT2D eigenvalue weighted by Crippen LogP contribution is 2.38. The van der Waals surface area contributed by atoms with Crippen molar-refractivity contribution < 1.29 is 9.53 Å². The van der Waals surface area contributed by atoms with E-state index in [4.69, 9.17) is 4.74 Å². The van der Waals surface area contributed by atoms with Crippen molar-refractivity contribution in [2.75, 3.05) is 6.61 Å². The van der Waals surface area contributed by atoms with Crippen molar-refractivity contribution in [2.45, 2.75) is 25.7 Å². The summed E-state index contributed by atoms with van der Waals surface area (Å²) >= 11 is 0. The minimum Gasteiger partial charge on any atom is -0.466 e. The minimum atomic E-state index is -0.317. The highest BCUT2D eigenvalue weighted by molar-refractivity contribution is 5.89. The summed E-state index contributed by atoms with van der Waals surface area (Å²) in [6.07, 6.45) is 2.19. The zero-order valence-corrected chi connectivity index (χ0v) is 9.56. The fourth-order valence-electron chi connectivity index (χ4n) is 2.00. The predicted octanol–water partition coefficient (Wildman–Crippen LogP) is 2.61. The first-order valence-corrected chi connectivity index (χ1v) is 5.46. The molecular weight excluding hydrogens is 202 g/mol. The Hall–Kier alpha value is -1.64. The van der Waals surface area contributed by atoms with Gasteiger partial charge in [-0.1, -0.05) is 18.2 Å². The van der Waals surface area contributed by atoms with Crippen LogP contribution in [0.3, 0.4) is 0 Å². The maximum Gasteiger partial charge on any atom is 0.307 e. The van der Waals surface area contributed by atoms with Crippen molar-refractivity contribution in [1.29, 1.82) is 0 Å². The van der Waals surface area contributed by atoms with Gasteiger partial charge < -0.3 is 4.74 Å². The van der Waals surface area contributed by atoms with Crippen LogP contribution >= 0.6 is 0 Å². The molecule has 0 saturated heterocycles. The summed E-state index contributed by atoms with van der Waals surface area (Å²) in [5.41, 5.74) is 1.74. The minimum absolute atomic E-state index is 0.173. The third-order valence-electron chi connectivity index (χ3n) is 2.82. The van der Waals surface area contributed by atoms with Crippen LogP contribution in [0.15, 0.2) is 29.3 Å². The highest BCUT2D eigenvalue weighted by atomic mass is 16.5. The van der Waals surface area contributed by atoms with Crippen molar-refractivity contribution in [3.8, 4) is 0 Å². The van der Waals surface area contributed by atoms with Gasteiger partial charge in [0.1, 0.15) is 0 Å². The molecule has 0 aromatic heterocycles. The van der Waals surface area contributed by atoms with Crippen LogP contribution in [0.4, 0.5) is 5.69 Å². The lowest BCUT2D eigenvalue weighted by atomic mass is 9.82. The molecule has 84 valence electrons. The summed E-state index contributed by atoms with van der Waals surface area (Å²) in [4.78, 5) is 15.9. The topological polar surface area (TPSA) is 38.7 Å². The number of nitrogens with zero attached hydrogens (tertiary/aromatic N) is 1. The molecule has 0 radical (unpaired) electrons. The molecule has 3 nitrogen and oxygen atoms in total. The standard InChI is InChI=1S/C13H15NO2/c1-3-16-12(15)8-13(2)9-14-11-7-5-4-6-10(11)13/h4-7,9H,3,8H2,1-2H3. The second-order valence-corrected chi connectivity index (χ2v) is 4.17. The van der Waals surface area contributed by atoms with E-state index in [2.05, 4.69) is 4.99 Å².